The van der Waals surface area contributed by atoms with E-state index >= 15 is 0 Å². The number of benzene rings is 1. The van der Waals surface area contributed by atoms with Gasteiger partial charge in [0.05, 0.1) is 17.6 Å². The molecule has 0 aliphatic heterocycles. The predicted molar refractivity (Wildman–Crippen MR) is 73.2 cm³/mol. The lowest BCUT2D eigenvalue weighted by Gasteiger charge is -2.03. The van der Waals surface area contributed by atoms with Gasteiger partial charge in [0.1, 0.15) is 5.52 Å². The highest BCUT2D eigenvalue weighted by atomic mass is 16.3. The van der Waals surface area contributed by atoms with Crippen LogP contribution in [0.2, 0.25) is 0 Å². The standard InChI is InChI=1S/C15H14N2O/c1-2-10-9-18-15-12(16)8-13(17-14(10)15)11-6-4-3-5-7-11/h3-9H,2H2,1H3,(H2,16,17). The summed E-state index contributed by atoms with van der Waals surface area (Å²) in [6, 6.07) is 11.9. The Bertz CT molecular complexity index is 686. The summed E-state index contributed by atoms with van der Waals surface area (Å²) < 4.78 is 5.47. The first-order valence-corrected chi connectivity index (χ1v) is 6.01. The summed E-state index contributed by atoms with van der Waals surface area (Å²) in [5.41, 5.74) is 11.3. The Morgan fingerprint density at radius 1 is 1.22 bits per heavy atom. The average Bonchev–Trinajstić information content (AvgIpc) is 2.83. The van der Waals surface area contributed by atoms with Crippen LogP contribution in [0.1, 0.15) is 12.5 Å². The highest BCUT2D eigenvalue weighted by Crippen LogP contribution is 2.29. The number of pyridine rings is 1. The highest BCUT2D eigenvalue weighted by Gasteiger charge is 2.11. The Kier molecular flexibility index (Phi) is 2.52. The fraction of sp³-hybridized carbons (Fsp3) is 0.133. The Morgan fingerprint density at radius 3 is 2.72 bits per heavy atom. The molecule has 90 valence electrons. The Balaban J connectivity index is 2.26. The van der Waals surface area contributed by atoms with Crippen molar-refractivity contribution in [3.8, 4) is 11.3 Å². The van der Waals surface area contributed by atoms with Crippen LogP contribution in [0.3, 0.4) is 0 Å². The Labute approximate surface area is 105 Å². The zero-order chi connectivity index (χ0) is 12.5. The van der Waals surface area contributed by atoms with Gasteiger partial charge in [0.25, 0.3) is 0 Å². The van der Waals surface area contributed by atoms with Crippen LogP contribution in [0, 0.1) is 0 Å². The quantitative estimate of drug-likeness (QED) is 0.741. The van der Waals surface area contributed by atoms with Gasteiger partial charge in [-0.3, -0.25) is 0 Å². The van der Waals surface area contributed by atoms with Crippen molar-refractivity contribution in [3.63, 3.8) is 0 Å². The van der Waals surface area contributed by atoms with Crippen LogP contribution in [0.25, 0.3) is 22.4 Å². The number of nitrogen functional groups attached to an aromatic ring is 1. The topological polar surface area (TPSA) is 52.0 Å². The zero-order valence-electron chi connectivity index (χ0n) is 10.2. The molecule has 0 fully saturated rings. The van der Waals surface area contributed by atoms with Crippen LogP contribution in [0.15, 0.2) is 47.1 Å². The molecule has 3 aromatic rings. The minimum Gasteiger partial charge on any atom is -0.460 e. The number of hydrogen-bond donors (Lipinski definition) is 1. The molecule has 0 atom stereocenters. The summed E-state index contributed by atoms with van der Waals surface area (Å²) in [5, 5.41) is 0. The van der Waals surface area contributed by atoms with Gasteiger partial charge in [-0.15, -0.1) is 0 Å². The van der Waals surface area contributed by atoms with Crippen LogP contribution in [-0.4, -0.2) is 4.98 Å². The Morgan fingerprint density at radius 2 is 2.00 bits per heavy atom. The number of furan rings is 1. The third-order valence-electron chi connectivity index (χ3n) is 3.08. The molecule has 2 N–H and O–H groups in total. The molecule has 18 heavy (non-hydrogen) atoms. The van der Waals surface area contributed by atoms with E-state index in [1.165, 1.54) is 0 Å². The van der Waals surface area contributed by atoms with Crippen LogP contribution in [-0.2, 0) is 6.42 Å². The molecule has 1 aromatic carbocycles. The maximum Gasteiger partial charge on any atom is 0.175 e. The fourth-order valence-electron chi connectivity index (χ4n) is 2.09. The van der Waals surface area contributed by atoms with Crippen molar-refractivity contribution in [3.05, 3.63) is 48.2 Å². The fourth-order valence-corrected chi connectivity index (χ4v) is 2.09. The minimum atomic E-state index is 0.638. The van der Waals surface area contributed by atoms with Gasteiger partial charge in [-0.25, -0.2) is 4.98 Å². The zero-order valence-corrected chi connectivity index (χ0v) is 10.2. The van der Waals surface area contributed by atoms with E-state index in [1.807, 2.05) is 36.4 Å². The second-order valence-electron chi connectivity index (χ2n) is 4.25. The number of fused-ring (bicyclic) bond motifs is 1. The van der Waals surface area contributed by atoms with Gasteiger partial charge in [-0.05, 0) is 12.5 Å². The molecule has 0 aliphatic rings. The first-order chi connectivity index (χ1) is 8.79. The third kappa shape index (κ3) is 1.64. The molecule has 3 heteroatoms. The molecule has 0 unspecified atom stereocenters. The first kappa shape index (κ1) is 10.8. The van der Waals surface area contributed by atoms with Crippen molar-refractivity contribution in [2.45, 2.75) is 13.3 Å². The average molecular weight is 238 g/mol. The minimum absolute atomic E-state index is 0.638. The van der Waals surface area contributed by atoms with Gasteiger partial charge in [0, 0.05) is 11.1 Å². The summed E-state index contributed by atoms with van der Waals surface area (Å²) in [5.74, 6) is 0. The number of nitrogens with two attached hydrogens (primary N) is 1. The molecule has 3 nitrogen and oxygen atoms in total. The Hall–Kier alpha value is -2.29. The van der Waals surface area contributed by atoms with Gasteiger partial charge >= 0.3 is 0 Å². The lowest BCUT2D eigenvalue weighted by molar-refractivity contribution is 0.612. The van der Waals surface area contributed by atoms with E-state index in [0.29, 0.717) is 11.3 Å². The van der Waals surface area contributed by atoms with Gasteiger partial charge in [0.15, 0.2) is 5.58 Å². The second kappa shape index (κ2) is 4.18. The smallest absolute Gasteiger partial charge is 0.175 e. The van der Waals surface area contributed by atoms with E-state index < -0.39 is 0 Å². The number of anilines is 1. The molecule has 0 spiro atoms. The summed E-state index contributed by atoms with van der Waals surface area (Å²) in [6.07, 6.45) is 2.63. The van der Waals surface area contributed by atoms with Crippen LogP contribution < -0.4 is 5.73 Å². The van der Waals surface area contributed by atoms with Crippen molar-refractivity contribution < 1.29 is 4.42 Å². The maximum absolute atomic E-state index is 6.03. The van der Waals surface area contributed by atoms with Crippen molar-refractivity contribution >= 4 is 16.8 Å². The normalized spacial score (nSPS) is 10.9. The lowest BCUT2D eigenvalue weighted by Crippen LogP contribution is -1.92. The largest absolute Gasteiger partial charge is 0.460 e. The molecule has 0 radical (unpaired) electrons. The van der Waals surface area contributed by atoms with Crippen LogP contribution in [0.5, 0.6) is 0 Å². The number of aromatic nitrogens is 1. The number of aryl methyl sites for hydroxylation is 1. The SMILES string of the molecule is CCc1coc2c(N)cc(-c3ccccc3)nc12. The molecular weight excluding hydrogens is 224 g/mol. The molecule has 0 saturated heterocycles. The highest BCUT2D eigenvalue weighted by molar-refractivity contribution is 5.90. The molecule has 0 saturated carbocycles. The van der Waals surface area contributed by atoms with E-state index in [4.69, 9.17) is 10.2 Å². The summed E-state index contributed by atoms with van der Waals surface area (Å²) in [4.78, 5) is 4.66. The van der Waals surface area contributed by atoms with Gasteiger partial charge in [0.2, 0.25) is 0 Å². The second-order valence-corrected chi connectivity index (χ2v) is 4.25. The first-order valence-electron chi connectivity index (χ1n) is 6.01. The molecular formula is C15H14N2O. The summed E-state index contributed by atoms with van der Waals surface area (Å²) in [6.45, 7) is 2.08. The number of hydrogen-bond acceptors (Lipinski definition) is 3. The van der Waals surface area contributed by atoms with E-state index in [2.05, 4.69) is 11.9 Å². The van der Waals surface area contributed by atoms with E-state index in [1.54, 1.807) is 6.26 Å². The predicted octanol–water partition coefficient (Wildman–Crippen LogP) is 3.64. The number of nitrogens with zero attached hydrogens (tertiary/aromatic N) is 1. The molecule has 2 aromatic heterocycles. The van der Waals surface area contributed by atoms with Gasteiger partial charge in [-0.1, -0.05) is 37.3 Å². The van der Waals surface area contributed by atoms with Crippen molar-refractivity contribution in [1.29, 1.82) is 0 Å². The molecule has 0 aliphatic carbocycles. The summed E-state index contributed by atoms with van der Waals surface area (Å²) >= 11 is 0. The van der Waals surface area contributed by atoms with Crippen molar-refractivity contribution in [2.24, 2.45) is 0 Å². The van der Waals surface area contributed by atoms with Crippen molar-refractivity contribution in [2.75, 3.05) is 5.73 Å². The molecule has 0 bridgehead atoms. The molecule has 2 heterocycles. The lowest BCUT2D eigenvalue weighted by atomic mass is 10.1. The van der Waals surface area contributed by atoms with E-state index in [9.17, 15) is 0 Å². The molecule has 3 rings (SSSR count). The molecule has 0 amide bonds. The van der Waals surface area contributed by atoms with Gasteiger partial charge < -0.3 is 10.2 Å². The number of rotatable bonds is 2. The monoisotopic (exact) mass is 238 g/mol. The van der Waals surface area contributed by atoms with Gasteiger partial charge in [-0.2, -0.15) is 0 Å². The van der Waals surface area contributed by atoms with E-state index in [0.717, 1.165) is 28.8 Å². The van der Waals surface area contributed by atoms with E-state index in [-0.39, 0.29) is 0 Å². The maximum atomic E-state index is 6.03. The van der Waals surface area contributed by atoms with Crippen molar-refractivity contribution in [1.82, 2.24) is 4.98 Å². The third-order valence-corrected chi connectivity index (χ3v) is 3.08. The summed E-state index contributed by atoms with van der Waals surface area (Å²) in [7, 11) is 0. The van der Waals surface area contributed by atoms with Crippen LogP contribution >= 0.6 is 0 Å². The van der Waals surface area contributed by atoms with Crippen LogP contribution in [0.4, 0.5) is 5.69 Å².